The predicted octanol–water partition coefficient (Wildman–Crippen LogP) is 2.24. The van der Waals surface area contributed by atoms with Crippen LogP contribution in [-0.4, -0.2) is 29.5 Å². The minimum Gasteiger partial charge on any atom is -0.376 e. The van der Waals surface area contributed by atoms with Crippen LogP contribution in [0.15, 0.2) is 0 Å². The van der Waals surface area contributed by atoms with Gasteiger partial charge in [-0.2, -0.15) is 0 Å². The molecule has 0 spiro atoms. The smallest absolute Gasteiger partial charge is 0.220 e. The summed E-state index contributed by atoms with van der Waals surface area (Å²) in [6.07, 6.45) is 3.66. The summed E-state index contributed by atoms with van der Waals surface area (Å²) in [4.78, 5) is 11.6. The van der Waals surface area contributed by atoms with Crippen molar-refractivity contribution in [3.8, 4) is 0 Å². The maximum atomic E-state index is 11.6. The van der Waals surface area contributed by atoms with Gasteiger partial charge in [0.15, 0.2) is 0 Å². The second kappa shape index (κ2) is 5.85. The van der Waals surface area contributed by atoms with Crippen molar-refractivity contribution in [2.45, 2.75) is 51.2 Å². The summed E-state index contributed by atoms with van der Waals surface area (Å²) in [5.41, 5.74) is -0.161. The molecule has 88 valence electrons. The molecule has 0 aromatic rings. The van der Waals surface area contributed by atoms with Crippen LogP contribution < -0.4 is 5.32 Å². The monoisotopic (exact) mass is 277 g/mol. The maximum absolute atomic E-state index is 11.6. The highest BCUT2D eigenvalue weighted by Crippen LogP contribution is 2.25. The highest BCUT2D eigenvalue weighted by Gasteiger charge is 2.37. The molecule has 0 bridgehead atoms. The minimum atomic E-state index is -0.161. The molecule has 1 aliphatic rings. The Kier molecular flexibility index (Phi) is 5.06. The molecule has 2 atom stereocenters. The summed E-state index contributed by atoms with van der Waals surface area (Å²) in [5.74, 6) is 0.149. The Bertz CT molecular complexity index is 223. The van der Waals surface area contributed by atoms with Crippen LogP contribution in [0.3, 0.4) is 0 Å². The van der Waals surface area contributed by atoms with E-state index in [2.05, 4.69) is 28.2 Å². The van der Waals surface area contributed by atoms with Crippen molar-refractivity contribution in [1.29, 1.82) is 0 Å². The maximum Gasteiger partial charge on any atom is 0.220 e. The Morgan fingerprint density at radius 2 is 2.33 bits per heavy atom. The molecule has 1 N–H and O–H groups in total. The summed E-state index contributed by atoms with van der Waals surface area (Å²) in [7, 11) is 0. The third-order valence-electron chi connectivity index (χ3n) is 3.10. The van der Waals surface area contributed by atoms with Crippen LogP contribution in [0.1, 0.15) is 39.5 Å². The molecule has 2 unspecified atom stereocenters. The van der Waals surface area contributed by atoms with Crippen LogP contribution in [0, 0.1) is 0 Å². The third kappa shape index (κ3) is 3.76. The van der Waals surface area contributed by atoms with Crippen molar-refractivity contribution < 1.29 is 9.53 Å². The zero-order chi connectivity index (χ0) is 11.3. The number of alkyl halides is 1. The molecule has 0 aliphatic carbocycles. The number of carbonyl (C=O) groups excluding carboxylic acids is 1. The Morgan fingerprint density at radius 3 is 2.87 bits per heavy atom. The van der Waals surface area contributed by atoms with E-state index in [4.69, 9.17) is 4.74 Å². The van der Waals surface area contributed by atoms with Gasteiger partial charge in [-0.25, -0.2) is 0 Å². The molecule has 3 nitrogen and oxygen atoms in total. The molecule has 1 amide bonds. The van der Waals surface area contributed by atoms with Gasteiger partial charge in [-0.15, -0.1) is 0 Å². The summed E-state index contributed by atoms with van der Waals surface area (Å²) in [6.45, 7) is 4.83. The number of carbonyl (C=O) groups is 1. The topological polar surface area (TPSA) is 38.3 Å². The first-order chi connectivity index (χ1) is 7.08. The van der Waals surface area contributed by atoms with Crippen molar-refractivity contribution in [2.24, 2.45) is 0 Å². The predicted molar refractivity (Wildman–Crippen MR) is 64.2 cm³/mol. The van der Waals surface area contributed by atoms with E-state index in [0.29, 0.717) is 6.42 Å². The average Bonchev–Trinajstić information content (AvgIpc) is 2.47. The fourth-order valence-corrected chi connectivity index (χ4v) is 2.16. The fraction of sp³-hybridized carbons (Fsp3) is 0.909. The van der Waals surface area contributed by atoms with Crippen LogP contribution >= 0.6 is 15.9 Å². The first kappa shape index (κ1) is 13.0. The molecule has 4 heteroatoms. The van der Waals surface area contributed by atoms with E-state index in [1.165, 1.54) is 0 Å². The number of halogens is 1. The van der Waals surface area contributed by atoms with Crippen molar-refractivity contribution in [1.82, 2.24) is 5.32 Å². The van der Waals surface area contributed by atoms with Crippen molar-refractivity contribution >= 4 is 21.8 Å². The first-order valence-electron chi connectivity index (χ1n) is 5.57. The summed E-state index contributed by atoms with van der Waals surface area (Å²) < 4.78 is 5.47. The van der Waals surface area contributed by atoms with Gasteiger partial charge in [0.1, 0.15) is 0 Å². The Balaban J connectivity index is 2.30. The summed E-state index contributed by atoms with van der Waals surface area (Å²) >= 11 is 3.36. The normalized spacial score (nSPS) is 30.5. The molecular formula is C11H20BrNO2. The van der Waals surface area contributed by atoms with Gasteiger partial charge in [0.05, 0.1) is 11.6 Å². The number of rotatable bonds is 5. The van der Waals surface area contributed by atoms with Gasteiger partial charge in [0.25, 0.3) is 0 Å². The van der Waals surface area contributed by atoms with Gasteiger partial charge in [-0.05, 0) is 33.1 Å². The quantitative estimate of drug-likeness (QED) is 0.618. The van der Waals surface area contributed by atoms with Crippen LogP contribution in [0.5, 0.6) is 0 Å². The van der Waals surface area contributed by atoms with Crippen LogP contribution in [-0.2, 0) is 9.53 Å². The highest BCUT2D eigenvalue weighted by molar-refractivity contribution is 9.09. The van der Waals surface area contributed by atoms with Gasteiger partial charge >= 0.3 is 0 Å². The molecule has 1 heterocycles. The van der Waals surface area contributed by atoms with E-state index >= 15 is 0 Å². The Hall–Kier alpha value is -0.0900. The second-order valence-corrected chi connectivity index (χ2v) is 5.17. The molecule has 0 saturated carbocycles. The molecule has 1 fully saturated rings. The molecule has 0 radical (unpaired) electrons. The van der Waals surface area contributed by atoms with Crippen molar-refractivity contribution in [2.75, 3.05) is 11.9 Å². The Labute approximate surface area is 100 Å². The fourth-order valence-electron chi connectivity index (χ4n) is 1.76. The van der Waals surface area contributed by atoms with E-state index < -0.39 is 0 Å². The van der Waals surface area contributed by atoms with Crippen LogP contribution in [0.25, 0.3) is 0 Å². The van der Waals surface area contributed by atoms with Gasteiger partial charge in [0.2, 0.25) is 5.91 Å². The highest BCUT2D eigenvalue weighted by atomic mass is 79.9. The average molecular weight is 278 g/mol. The SMILES string of the molecule is CC1OCCC1(C)NC(=O)CCCCBr. The lowest BCUT2D eigenvalue weighted by atomic mass is 9.94. The molecule has 0 aromatic carbocycles. The van der Waals surface area contributed by atoms with E-state index in [1.54, 1.807) is 0 Å². The van der Waals surface area contributed by atoms with E-state index in [9.17, 15) is 4.79 Å². The third-order valence-corrected chi connectivity index (χ3v) is 3.66. The number of hydrogen-bond donors (Lipinski definition) is 1. The first-order valence-corrected chi connectivity index (χ1v) is 6.69. The molecule has 1 rings (SSSR count). The lowest BCUT2D eigenvalue weighted by Gasteiger charge is -2.28. The largest absolute Gasteiger partial charge is 0.376 e. The van der Waals surface area contributed by atoms with Gasteiger partial charge < -0.3 is 10.1 Å². The molecule has 1 saturated heterocycles. The van der Waals surface area contributed by atoms with Crippen LogP contribution in [0.4, 0.5) is 0 Å². The van der Waals surface area contributed by atoms with Gasteiger partial charge in [-0.3, -0.25) is 4.79 Å². The number of hydrogen-bond acceptors (Lipinski definition) is 2. The molecule has 15 heavy (non-hydrogen) atoms. The zero-order valence-corrected chi connectivity index (χ0v) is 11.1. The second-order valence-electron chi connectivity index (χ2n) is 4.37. The van der Waals surface area contributed by atoms with E-state index in [0.717, 1.165) is 31.2 Å². The Morgan fingerprint density at radius 1 is 1.60 bits per heavy atom. The van der Waals surface area contributed by atoms with E-state index in [-0.39, 0.29) is 17.6 Å². The summed E-state index contributed by atoms with van der Waals surface area (Å²) in [5, 5.41) is 4.05. The minimum absolute atomic E-state index is 0.123. The molecule has 1 aliphatic heterocycles. The van der Waals surface area contributed by atoms with Crippen molar-refractivity contribution in [3.63, 3.8) is 0 Å². The van der Waals surface area contributed by atoms with Gasteiger partial charge in [-0.1, -0.05) is 15.9 Å². The number of unbranched alkanes of at least 4 members (excludes halogenated alkanes) is 1. The summed E-state index contributed by atoms with van der Waals surface area (Å²) in [6, 6.07) is 0. The van der Waals surface area contributed by atoms with Gasteiger partial charge in [0, 0.05) is 18.4 Å². The van der Waals surface area contributed by atoms with Crippen molar-refractivity contribution in [3.05, 3.63) is 0 Å². The number of amides is 1. The van der Waals surface area contributed by atoms with E-state index in [1.807, 2.05) is 6.92 Å². The lowest BCUT2D eigenvalue weighted by Crippen LogP contribution is -2.50. The number of nitrogens with one attached hydrogen (secondary N) is 1. The zero-order valence-electron chi connectivity index (χ0n) is 9.51. The lowest BCUT2D eigenvalue weighted by molar-refractivity contribution is -0.123. The molecule has 0 aromatic heterocycles. The standard InChI is InChI=1S/C11H20BrNO2/c1-9-11(2,6-8-15-9)13-10(14)5-3-4-7-12/h9H,3-8H2,1-2H3,(H,13,14). The number of ether oxygens (including phenoxy) is 1. The molecular weight excluding hydrogens is 258 g/mol. The van der Waals surface area contributed by atoms with Crippen LogP contribution in [0.2, 0.25) is 0 Å².